The van der Waals surface area contributed by atoms with E-state index in [1.54, 1.807) is 6.92 Å². The molecule has 0 saturated carbocycles. The van der Waals surface area contributed by atoms with Crippen molar-refractivity contribution in [2.45, 2.75) is 25.6 Å². The fourth-order valence-corrected chi connectivity index (χ4v) is 2.71. The molecule has 3 rings (SSSR count). The van der Waals surface area contributed by atoms with E-state index >= 15 is 0 Å². The molecule has 2 aromatic rings. The predicted octanol–water partition coefficient (Wildman–Crippen LogP) is 2.41. The second-order valence-electron chi connectivity index (χ2n) is 5.98. The number of carbonyl (C=O) groups excluding carboxylic acids is 2. The van der Waals surface area contributed by atoms with Crippen molar-refractivity contribution < 1.29 is 19.2 Å². The topological polar surface area (TPSA) is 64.6 Å². The van der Waals surface area contributed by atoms with Crippen molar-refractivity contribution in [3.63, 3.8) is 0 Å². The monoisotopic (exact) mass is 325 g/mol. The van der Waals surface area contributed by atoms with Crippen molar-refractivity contribution in [1.29, 1.82) is 0 Å². The number of rotatable bonds is 6. The van der Waals surface area contributed by atoms with Gasteiger partial charge in [-0.2, -0.15) is 0 Å². The van der Waals surface area contributed by atoms with Gasteiger partial charge >= 0.3 is 5.97 Å². The Labute approximate surface area is 140 Å². The number of hydrogen-bond acceptors (Lipinski definition) is 4. The molecule has 5 nitrogen and oxygen atoms in total. The maximum Gasteiger partial charge on any atom is 0.315 e. The Morgan fingerprint density at radius 2 is 1.67 bits per heavy atom. The second kappa shape index (κ2) is 6.84. The summed E-state index contributed by atoms with van der Waals surface area (Å²) in [7, 11) is 0. The van der Waals surface area contributed by atoms with Gasteiger partial charge in [0.25, 0.3) is 5.91 Å². The summed E-state index contributed by atoms with van der Waals surface area (Å²) in [6.45, 7) is 1.86. The highest BCUT2D eigenvalue weighted by Gasteiger charge is 2.58. The fourth-order valence-electron chi connectivity index (χ4n) is 2.71. The molecule has 0 spiro atoms. The number of esters is 1. The van der Waals surface area contributed by atoms with Gasteiger partial charge in [0.2, 0.25) is 5.60 Å². The highest BCUT2D eigenvalue weighted by molar-refractivity contribution is 5.97. The Balaban J connectivity index is 1.57. The second-order valence-corrected chi connectivity index (χ2v) is 5.98. The van der Waals surface area contributed by atoms with E-state index in [2.05, 4.69) is 5.48 Å². The lowest BCUT2D eigenvalue weighted by molar-refractivity contribution is -0.214. The Bertz CT molecular complexity index is 717. The van der Waals surface area contributed by atoms with Gasteiger partial charge in [-0.1, -0.05) is 60.7 Å². The molecule has 2 aromatic carbocycles. The maximum absolute atomic E-state index is 12.4. The van der Waals surface area contributed by atoms with Gasteiger partial charge in [0.15, 0.2) is 0 Å². The molecule has 0 aliphatic carbocycles. The number of hydrogen-bond donors (Lipinski definition) is 1. The summed E-state index contributed by atoms with van der Waals surface area (Å²) in [6, 6.07) is 19.1. The molecule has 1 fully saturated rings. The van der Waals surface area contributed by atoms with E-state index in [4.69, 9.17) is 9.57 Å². The summed E-state index contributed by atoms with van der Waals surface area (Å²) >= 11 is 0. The molecule has 124 valence electrons. The number of nitrogens with one attached hydrogen (secondary N) is 1. The summed E-state index contributed by atoms with van der Waals surface area (Å²) < 4.78 is 5.15. The number of carbonyl (C=O) groups is 2. The zero-order valence-electron chi connectivity index (χ0n) is 13.4. The minimum atomic E-state index is -1.20. The van der Waals surface area contributed by atoms with Gasteiger partial charge in [-0.05, 0) is 24.5 Å². The van der Waals surface area contributed by atoms with E-state index in [0.29, 0.717) is 6.42 Å². The third kappa shape index (κ3) is 3.31. The van der Waals surface area contributed by atoms with Crippen molar-refractivity contribution >= 4 is 11.9 Å². The van der Waals surface area contributed by atoms with Gasteiger partial charge in [-0.25, -0.2) is 5.48 Å². The minimum Gasteiger partial charge on any atom is -0.448 e. The molecule has 0 bridgehead atoms. The Morgan fingerprint density at radius 1 is 1.08 bits per heavy atom. The van der Waals surface area contributed by atoms with Crippen LogP contribution in [-0.2, 0) is 32.2 Å². The number of cyclic esters (lactones) is 1. The van der Waals surface area contributed by atoms with E-state index in [1.807, 2.05) is 60.7 Å². The predicted molar refractivity (Wildman–Crippen MR) is 87.5 cm³/mol. The largest absolute Gasteiger partial charge is 0.448 e. The molecule has 5 heteroatoms. The zero-order valence-corrected chi connectivity index (χ0v) is 13.4. The number of hydroxylamine groups is 1. The van der Waals surface area contributed by atoms with Crippen LogP contribution in [-0.4, -0.2) is 17.5 Å². The van der Waals surface area contributed by atoms with Gasteiger partial charge in [0.05, 0.1) is 6.61 Å². The molecule has 1 aliphatic heterocycles. The van der Waals surface area contributed by atoms with Gasteiger partial charge in [0, 0.05) is 0 Å². The van der Waals surface area contributed by atoms with Crippen LogP contribution in [0.2, 0.25) is 0 Å². The molecule has 0 radical (unpaired) electrons. The van der Waals surface area contributed by atoms with Crippen LogP contribution in [0.3, 0.4) is 0 Å². The van der Waals surface area contributed by atoms with Crippen LogP contribution in [0.25, 0.3) is 0 Å². The fraction of sp³-hybridized carbons (Fsp3) is 0.263. The van der Waals surface area contributed by atoms with Crippen molar-refractivity contribution in [2.75, 3.05) is 0 Å². The molecule has 1 saturated heterocycles. The zero-order chi connectivity index (χ0) is 17.0. The van der Waals surface area contributed by atoms with E-state index in [1.165, 1.54) is 0 Å². The van der Waals surface area contributed by atoms with E-state index < -0.39 is 17.4 Å². The Kier molecular flexibility index (Phi) is 4.62. The standard InChI is InChI=1S/C19H19NO4/c1-19(18(22)20-23-13-15-10-6-3-7-11-15)16(17(21)24-19)12-14-8-4-2-5-9-14/h2-11,16H,12-13H2,1H3,(H,20,22)/t16-,19-/m0/s1. The quantitative estimate of drug-likeness (QED) is 0.654. The summed E-state index contributed by atoms with van der Waals surface area (Å²) in [5, 5.41) is 0. The molecular formula is C19H19NO4. The van der Waals surface area contributed by atoms with E-state index in [0.717, 1.165) is 11.1 Å². The van der Waals surface area contributed by atoms with E-state index in [-0.39, 0.29) is 12.6 Å². The molecule has 0 aromatic heterocycles. The lowest BCUT2D eigenvalue weighted by atomic mass is 9.78. The molecule has 1 N–H and O–H groups in total. The van der Waals surface area contributed by atoms with Gasteiger partial charge < -0.3 is 4.74 Å². The molecule has 1 amide bonds. The third-order valence-electron chi connectivity index (χ3n) is 4.24. The summed E-state index contributed by atoms with van der Waals surface area (Å²) in [5.41, 5.74) is 3.12. The van der Waals surface area contributed by atoms with Crippen molar-refractivity contribution in [1.82, 2.24) is 5.48 Å². The van der Waals surface area contributed by atoms with Crippen LogP contribution in [0.5, 0.6) is 0 Å². The first kappa shape index (κ1) is 16.2. The maximum atomic E-state index is 12.4. The summed E-state index contributed by atoms with van der Waals surface area (Å²) in [5.74, 6) is -1.32. The first-order valence-corrected chi connectivity index (χ1v) is 7.82. The SMILES string of the molecule is C[C@]1(C(=O)NOCc2ccccc2)OC(=O)[C@@H]1Cc1ccccc1. The number of benzene rings is 2. The Morgan fingerprint density at radius 3 is 2.25 bits per heavy atom. The first-order valence-electron chi connectivity index (χ1n) is 7.82. The first-order chi connectivity index (χ1) is 11.6. The van der Waals surface area contributed by atoms with Gasteiger partial charge in [-0.3, -0.25) is 14.4 Å². The summed E-state index contributed by atoms with van der Waals surface area (Å²) in [4.78, 5) is 29.4. The van der Waals surface area contributed by atoms with Gasteiger partial charge in [-0.15, -0.1) is 0 Å². The van der Waals surface area contributed by atoms with Crippen LogP contribution in [0.4, 0.5) is 0 Å². The van der Waals surface area contributed by atoms with Crippen molar-refractivity contribution in [2.24, 2.45) is 5.92 Å². The number of ether oxygens (including phenoxy) is 1. The third-order valence-corrected chi connectivity index (χ3v) is 4.24. The molecule has 24 heavy (non-hydrogen) atoms. The van der Waals surface area contributed by atoms with E-state index in [9.17, 15) is 9.59 Å². The highest BCUT2D eigenvalue weighted by Crippen LogP contribution is 2.37. The van der Waals surface area contributed by atoms with Crippen molar-refractivity contribution in [3.8, 4) is 0 Å². The molecule has 0 unspecified atom stereocenters. The van der Waals surface area contributed by atoms with Gasteiger partial charge in [0.1, 0.15) is 5.92 Å². The van der Waals surface area contributed by atoms with Crippen LogP contribution < -0.4 is 5.48 Å². The molecule has 1 heterocycles. The minimum absolute atomic E-state index is 0.250. The average Bonchev–Trinajstić information content (AvgIpc) is 2.61. The highest BCUT2D eigenvalue weighted by atomic mass is 16.7. The average molecular weight is 325 g/mol. The van der Waals surface area contributed by atoms with Crippen LogP contribution in [0.15, 0.2) is 60.7 Å². The van der Waals surface area contributed by atoms with Crippen LogP contribution >= 0.6 is 0 Å². The van der Waals surface area contributed by atoms with Crippen LogP contribution in [0.1, 0.15) is 18.1 Å². The molecular weight excluding hydrogens is 306 g/mol. The molecule has 1 aliphatic rings. The van der Waals surface area contributed by atoms with Crippen molar-refractivity contribution in [3.05, 3.63) is 71.8 Å². The lowest BCUT2D eigenvalue weighted by Crippen LogP contribution is -2.64. The van der Waals surface area contributed by atoms with Crippen LogP contribution in [0, 0.1) is 5.92 Å². The molecule has 2 atom stereocenters. The number of amides is 1. The Hall–Kier alpha value is -2.66. The normalized spacial score (nSPS) is 22.4. The summed E-state index contributed by atoms with van der Waals surface area (Å²) in [6.07, 6.45) is 0.461. The lowest BCUT2D eigenvalue weighted by Gasteiger charge is -2.43. The smallest absolute Gasteiger partial charge is 0.315 e.